The summed E-state index contributed by atoms with van der Waals surface area (Å²) in [5.74, 6) is 2.27. The lowest BCUT2D eigenvalue weighted by Crippen LogP contribution is -2.33. The molecule has 0 saturated heterocycles. The van der Waals surface area contributed by atoms with Crippen molar-refractivity contribution in [3.63, 3.8) is 0 Å². The zero-order chi connectivity index (χ0) is 13.8. The molecule has 0 heterocycles. The van der Waals surface area contributed by atoms with Gasteiger partial charge in [0.1, 0.15) is 0 Å². The molecule has 0 spiro atoms. The molecule has 2 aliphatic carbocycles. The molecule has 4 atom stereocenters. The Labute approximate surface area is 117 Å². The van der Waals surface area contributed by atoms with Crippen molar-refractivity contribution >= 4 is 0 Å². The van der Waals surface area contributed by atoms with E-state index in [1.807, 2.05) is 13.8 Å². The van der Waals surface area contributed by atoms with Gasteiger partial charge in [-0.1, -0.05) is 11.6 Å². The maximum absolute atomic E-state index is 5.97. The first-order valence-corrected chi connectivity index (χ1v) is 7.73. The van der Waals surface area contributed by atoms with E-state index in [1.54, 1.807) is 5.57 Å². The Kier molecular flexibility index (Phi) is 5.43. The summed E-state index contributed by atoms with van der Waals surface area (Å²) in [6.45, 7) is 9.03. The molecule has 2 saturated carbocycles. The van der Waals surface area contributed by atoms with Crippen molar-refractivity contribution in [3.05, 3.63) is 11.6 Å². The van der Waals surface area contributed by atoms with Gasteiger partial charge in [-0.05, 0) is 64.7 Å². The molecule has 0 aromatic carbocycles. The molecular weight excluding hydrogens is 240 g/mol. The van der Waals surface area contributed by atoms with Gasteiger partial charge in [0.05, 0.1) is 6.10 Å². The SMILES string of the molecule is C/C=C1\CC2CC1CC2C(C)OC(OCC)OCC. The van der Waals surface area contributed by atoms with Gasteiger partial charge in [-0.25, -0.2) is 0 Å². The quantitative estimate of drug-likeness (QED) is 0.520. The predicted molar refractivity (Wildman–Crippen MR) is 75.7 cm³/mol. The van der Waals surface area contributed by atoms with E-state index < -0.39 is 6.48 Å². The second kappa shape index (κ2) is 6.87. The Morgan fingerprint density at radius 3 is 2.37 bits per heavy atom. The minimum atomic E-state index is -0.495. The highest BCUT2D eigenvalue weighted by Crippen LogP contribution is 2.53. The van der Waals surface area contributed by atoms with Gasteiger partial charge >= 0.3 is 0 Å². The molecule has 2 bridgehead atoms. The normalized spacial score (nSPS) is 33.5. The standard InChI is InChI=1S/C16H28O3/c1-5-12-8-14-9-13(12)10-15(14)11(4)19-16(17-6-2)18-7-3/h5,11,13-16H,6-10H2,1-4H3/b12-5+. The average Bonchev–Trinajstić information content (AvgIpc) is 2.98. The van der Waals surface area contributed by atoms with Crippen LogP contribution in [0.4, 0.5) is 0 Å². The van der Waals surface area contributed by atoms with Crippen LogP contribution >= 0.6 is 0 Å². The minimum Gasteiger partial charge on any atom is -0.330 e. The summed E-state index contributed by atoms with van der Waals surface area (Å²) in [5.41, 5.74) is 1.67. The van der Waals surface area contributed by atoms with Crippen LogP contribution in [0.2, 0.25) is 0 Å². The zero-order valence-corrected chi connectivity index (χ0v) is 12.7. The van der Waals surface area contributed by atoms with Gasteiger partial charge in [0, 0.05) is 13.2 Å². The zero-order valence-electron chi connectivity index (χ0n) is 12.7. The highest BCUT2D eigenvalue weighted by Gasteiger charge is 2.45. The van der Waals surface area contributed by atoms with Crippen LogP contribution in [0.3, 0.4) is 0 Å². The summed E-state index contributed by atoms with van der Waals surface area (Å²) in [6, 6.07) is 0. The van der Waals surface area contributed by atoms with E-state index in [-0.39, 0.29) is 6.10 Å². The number of rotatable bonds is 7. The van der Waals surface area contributed by atoms with Gasteiger partial charge in [-0.15, -0.1) is 0 Å². The van der Waals surface area contributed by atoms with Crippen molar-refractivity contribution in [1.29, 1.82) is 0 Å². The summed E-state index contributed by atoms with van der Waals surface area (Å²) in [5, 5.41) is 0. The Morgan fingerprint density at radius 1 is 1.21 bits per heavy atom. The fourth-order valence-corrected chi connectivity index (χ4v) is 3.77. The molecule has 3 nitrogen and oxygen atoms in total. The highest BCUT2D eigenvalue weighted by molar-refractivity contribution is 5.18. The Balaban J connectivity index is 1.86. The second-order valence-electron chi connectivity index (χ2n) is 5.70. The highest BCUT2D eigenvalue weighted by atomic mass is 16.8. The molecule has 4 unspecified atom stereocenters. The fraction of sp³-hybridized carbons (Fsp3) is 0.875. The van der Waals surface area contributed by atoms with Crippen LogP contribution in [0.15, 0.2) is 11.6 Å². The number of allylic oxidation sites excluding steroid dienone is 2. The van der Waals surface area contributed by atoms with Gasteiger partial charge < -0.3 is 14.2 Å². The smallest absolute Gasteiger partial charge is 0.271 e. The van der Waals surface area contributed by atoms with E-state index in [0.29, 0.717) is 19.1 Å². The van der Waals surface area contributed by atoms with Crippen LogP contribution in [0.5, 0.6) is 0 Å². The number of hydrogen-bond acceptors (Lipinski definition) is 3. The first kappa shape index (κ1) is 15.0. The maximum atomic E-state index is 5.97. The van der Waals surface area contributed by atoms with Crippen molar-refractivity contribution < 1.29 is 14.2 Å². The third kappa shape index (κ3) is 3.39. The first-order chi connectivity index (χ1) is 9.19. The van der Waals surface area contributed by atoms with Crippen LogP contribution in [0.25, 0.3) is 0 Å². The third-order valence-corrected chi connectivity index (χ3v) is 4.68. The molecule has 0 aromatic rings. The van der Waals surface area contributed by atoms with Crippen LogP contribution in [0, 0.1) is 17.8 Å². The Morgan fingerprint density at radius 2 is 1.89 bits per heavy atom. The van der Waals surface area contributed by atoms with Crippen molar-refractivity contribution in [1.82, 2.24) is 0 Å². The van der Waals surface area contributed by atoms with E-state index in [2.05, 4.69) is 19.9 Å². The Bertz CT molecular complexity index is 307. The molecule has 19 heavy (non-hydrogen) atoms. The maximum Gasteiger partial charge on any atom is 0.271 e. The number of hydrogen-bond donors (Lipinski definition) is 0. The molecule has 0 aromatic heterocycles. The second-order valence-corrected chi connectivity index (χ2v) is 5.70. The van der Waals surface area contributed by atoms with Crippen molar-refractivity contribution in [2.75, 3.05) is 13.2 Å². The minimum absolute atomic E-state index is 0.219. The third-order valence-electron chi connectivity index (χ3n) is 4.68. The van der Waals surface area contributed by atoms with Crippen LogP contribution in [0.1, 0.15) is 47.0 Å². The van der Waals surface area contributed by atoms with Gasteiger partial charge in [-0.3, -0.25) is 0 Å². The molecule has 0 aliphatic heterocycles. The van der Waals surface area contributed by atoms with E-state index in [0.717, 1.165) is 11.8 Å². The lowest BCUT2D eigenvalue weighted by molar-refractivity contribution is -0.306. The summed E-state index contributed by atoms with van der Waals surface area (Å²) in [7, 11) is 0. The van der Waals surface area contributed by atoms with Crippen molar-refractivity contribution in [2.24, 2.45) is 17.8 Å². The van der Waals surface area contributed by atoms with Crippen molar-refractivity contribution in [2.45, 2.75) is 59.5 Å². The predicted octanol–water partition coefficient (Wildman–Crippen LogP) is 3.74. The topological polar surface area (TPSA) is 27.7 Å². The molecule has 2 fully saturated rings. The van der Waals surface area contributed by atoms with E-state index in [1.165, 1.54) is 19.3 Å². The fourth-order valence-electron chi connectivity index (χ4n) is 3.77. The van der Waals surface area contributed by atoms with Gasteiger partial charge in [0.2, 0.25) is 0 Å². The lowest BCUT2D eigenvalue weighted by Gasteiger charge is -2.31. The summed E-state index contributed by atoms with van der Waals surface area (Å²) in [4.78, 5) is 0. The van der Waals surface area contributed by atoms with E-state index >= 15 is 0 Å². The van der Waals surface area contributed by atoms with E-state index in [9.17, 15) is 0 Å². The molecule has 0 N–H and O–H groups in total. The van der Waals surface area contributed by atoms with Crippen LogP contribution in [-0.2, 0) is 14.2 Å². The number of fused-ring (bicyclic) bond motifs is 2. The van der Waals surface area contributed by atoms with Crippen LogP contribution in [-0.4, -0.2) is 25.8 Å². The summed E-state index contributed by atoms with van der Waals surface area (Å²) < 4.78 is 16.9. The molecule has 110 valence electrons. The lowest BCUT2D eigenvalue weighted by atomic mass is 9.83. The Hall–Kier alpha value is -0.380. The molecule has 0 amide bonds. The monoisotopic (exact) mass is 268 g/mol. The summed E-state index contributed by atoms with van der Waals surface area (Å²) >= 11 is 0. The molecule has 3 heteroatoms. The largest absolute Gasteiger partial charge is 0.330 e. The van der Waals surface area contributed by atoms with Gasteiger partial charge in [0.25, 0.3) is 6.48 Å². The molecular formula is C16H28O3. The average molecular weight is 268 g/mol. The van der Waals surface area contributed by atoms with E-state index in [4.69, 9.17) is 14.2 Å². The molecule has 0 radical (unpaired) electrons. The summed E-state index contributed by atoms with van der Waals surface area (Å²) in [6.07, 6.45) is 6.43. The van der Waals surface area contributed by atoms with Gasteiger partial charge in [0.15, 0.2) is 0 Å². The molecule has 2 rings (SSSR count). The van der Waals surface area contributed by atoms with Crippen molar-refractivity contribution in [3.8, 4) is 0 Å². The van der Waals surface area contributed by atoms with Crippen LogP contribution < -0.4 is 0 Å². The number of ether oxygens (including phenoxy) is 3. The van der Waals surface area contributed by atoms with Gasteiger partial charge in [-0.2, -0.15) is 0 Å². The molecule has 2 aliphatic rings. The first-order valence-electron chi connectivity index (χ1n) is 7.73.